The van der Waals surface area contributed by atoms with Gasteiger partial charge in [0.25, 0.3) is 0 Å². The van der Waals surface area contributed by atoms with E-state index in [-0.39, 0.29) is 0 Å². The first-order chi connectivity index (χ1) is 9.38. The van der Waals surface area contributed by atoms with E-state index in [1.807, 2.05) is 6.07 Å². The zero-order valence-electron chi connectivity index (χ0n) is 12.1. The van der Waals surface area contributed by atoms with Crippen LogP contribution in [-0.4, -0.2) is 53.1 Å². The second-order valence-electron chi connectivity index (χ2n) is 5.67. The lowest BCUT2D eigenvalue weighted by Gasteiger charge is -2.42. The van der Waals surface area contributed by atoms with Gasteiger partial charge in [0.05, 0.1) is 5.56 Å². The molecule has 1 aromatic rings. The summed E-state index contributed by atoms with van der Waals surface area (Å²) in [5.74, 6) is -0.890. The molecule has 0 saturated carbocycles. The van der Waals surface area contributed by atoms with Crippen molar-refractivity contribution < 1.29 is 9.90 Å². The smallest absolute Gasteiger partial charge is 0.335 e. The van der Waals surface area contributed by atoms with Crippen LogP contribution in [0.5, 0.6) is 0 Å². The highest BCUT2D eigenvalue weighted by molar-refractivity contribution is 9.10. The molecule has 2 unspecified atom stereocenters. The predicted molar refractivity (Wildman–Crippen MR) is 83.1 cm³/mol. The highest BCUT2D eigenvalue weighted by Crippen LogP contribution is 2.22. The Morgan fingerprint density at radius 3 is 2.45 bits per heavy atom. The summed E-state index contributed by atoms with van der Waals surface area (Å²) in [5, 5.41) is 8.98. The molecule has 0 radical (unpaired) electrons. The average molecular weight is 341 g/mol. The maximum absolute atomic E-state index is 10.9. The van der Waals surface area contributed by atoms with E-state index in [1.54, 1.807) is 12.1 Å². The molecule has 1 fully saturated rings. The van der Waals surface area contributed by atoms with Crippen LogP contribution in [0.1, 0.15) is 29.8 Å². The Morgan fingerprint density at radius 2 is 1.95 bits per heavy atom. The van der Waals surface area contributed by atoms with E-state index in [4.69, 9.17) is 5.11 Å². The second kappa shape index (κ2) is 6.24. The molecular formula is C15H21BrN2O2. The number of rotatable bonds is 3. The van der Waals surface area contributed by atoms with Crippen LogP contribution in [-0.2, 0) is 6.54 Å². The fraction of sp³-hybridized carbons (Fsp3) is 0.533. The minimum atomic E-state index is -0.890. The van der Waals surface area contributed by atoms with Gasteiger partial charge in [-0.3, -0.25) is 9.80 Å². The number of benzene rings is 1. The molecular weight excluding hydrogens is 320 g/mol. The normalized spacial score (nSPS) is 24.8. The maximum atomic E-state index is 10.9. The first-order valence-electron chi connectivity index (χ1n) is 6.84. The number of carboxylic acid groups (broad SMARTS) is 1. The van der Waals surface area contributed by atoms with Crippen molar-refractivity contribution in [2.45, 2.75) is 32.5 Å². The van der Waals surface area contributed by atoms with Crippen molar-refractivity contribution in [3.63, 3.8) is 0 Å². The van der Waals surface area contributed by atoms with Crippen LogP contribution in [0.3, 0.4) is 0 Å². The summed E-state index contributed by atoms with van der Waals surface area (Å²) in [6.07, 6.45) is 0. The standard InChI is InChI=1S/C15H21BrN2O2/c1-10-7-18(8-11(2)17(10)3)9-13-5-4-12(15(19)20)6-14(13)16/h4-6,10-11H,7-9H2,1-3H3,(H,19,20). The third-order valence-corrected chi connectivity index (χ3v) is 4.87. The fourth-order valence-corrected chi connectivity index (χ4v) is 3.20. The van der Waals surface area contributed by atoms with E-state index in [0.717, 1.165) is 29.7 Å². The van der Waals surface area contributed by atoms with Crippen molar-refractivity contribution in [2.24, 2.45) is 0 Å². The Labute approximate surface area is 128 Å². The molecule has 0 spiro atoms. The molecule has 0 aliphatic carbocycles. The van der Waals surface area contributed by atoms with Crippen molar-refractivity contribution in [1.29, 1.82) is 0 Å². The van der Waals surface area contributed by atoms with Gasteiger partial charge in [-0.1, -0.05) is 22.0 Å². The van der Waals surface area contributed by atoms with E-state index in [1.165, 1.54) is 0 Å². The number of hydrogen-bond donors (Lipinski definition) is 1. The van der Waals surface area contributed by atoms with Crippen molar-refractivity contribution >= 4 is 21.9 Å². The van der Waals surface area contributed by atoms with Crippen LogP contribution in [0.25, 0.3) is 0 Å². The van der Waals surface area contributed by atoms with Crippen LogP contribution in [0.4, 0.5) is 0 Å². The lowest BCUT2D eigenvalue weighted by molar-refractivity contribution is 0.0555. The zero-order chi connectivity index (χ0) is 14.9. The molecule has 0 amide bonds. The number of piperazine rings is 1. The summed E-state index contributed by atoms with van der Waals surface area (Å²) in [6.45, 7) is 7.40. The number of hydrogen-bond acceptors (Lipinski definition) is 3. The van der Waals surface area contributed by atoms with Crippen molar-refractivity contribution in [3.8, 4) is 0 Å². The first kappa shape index (κ1) is 15.5. The first-order valence-corrected chi connectivity index (χ1v) is 7.63. The number of likely N-dealkylation sites (N-methyl/N-ethyl adjacent to an activating group) is 1. The zero-order valence-corrected chi connectivity index (χ0v) is 13.7. The quantitative estimate of drug-likeness (QED) is 0.918. The van der Waals surface area contributed by atoms with Gasteiger partial charge >= 0.3 is 5.97 Å². The Morgan fingerprint density at radius 1 is 1.35 bits per heavy atom. The Hall–Kier alpha value is -0.910. The SMILES string of the molecule is CC1CN(Cc2ccc(C(=O)O)cc2Br)CC(C)N1C. The molecule has 20 heavy (non-hydrogen) atoms. The summed E-state index contributed by atoms with van der Waals surface area (Å²) in [5.41, 5.74) is 1.46. The molecule has 0 aromatic heterocycles. The van der Waals surface area contributed by atoms with Gasteiger partial charge in [-0.05, 0) is 38.6 Å². The number of aromatic carboxylic acids is 1. The van der Waals surface area contributed by atoms with Crippen LogP contribution in [0, 0.1) is 0 Å². The Bertz CT molecular complexity index is 495. The van der Waals surface area contributed by atoms with E-state index >= 15 is 0 Å². The van der Waals surface area contributed by atoms with Gasteiger partial charge in [0, 0.05) is 36.2 Å². The van der Waals surface area contributed by atoms with E-state index < -0.39 is 5.97 Å². The van der Waals surface area contributed by atoms with Gasteiger partial charge in [0.2, 0.25) is 0 Å². The molecule has 1 aliphatic rings. The minimum Gasteiger partial charge on any atom is -0.478 e. The van der Waals surface area contributed by atoms with Gasteiger partial charge in [0.1, 0.15) is 0 Å². The van der Waals surface area contributed by atoms with E-state index in [0.29, 0.717) is 17.6 Å². The molecule has 1 heterocycles. The number of carboxylic acids is 1. The molecule has 110 valence electrons. The molecule has 1 aromatic carbocycles. The highest BCUT2D eigenvalue weighted by Gasteiger charge is 2.26. The average Bonchev–Trinajstić information content (AvgIpc) is 2.38. The summed E-state index contributed by atoms with van der Waals surface area (Å²) < 4.78 is 0.872. The summed E-state index contributed by atoms with van der Waals surface area (Å²) in [7, 11) is 2.17. The summed E-state index contributed by atoms with van der Waals surface area (Å²) in [4.78, 5) is 15.8. The van der Waals surface area contributed by atoms with Crippen LogP contribution in [0.15, 0.2) is 22.7 Å². The van der Waals surface area contributed by atoms with Gasteiger partial charge < -0.3 is 5.11 Å². The predicted octanol–water partition coefficient (Wildman–Crippen LogP) is 2.67. The Kier molecular flexibility index (Phi) is 4.83. The monoisotopic (exact) mass is 340 g/mol. The minimum absolute atomic E-state index is 0.320. The van der Waals surface area contributed by atoms with E-state index in [2.05, 4.69) is 46.6 Å². The number of nitrogens with zero attached hydrogens (tertiary/aromatic N) is 2. The summed E-state index contributed by atoms with van der Waals surface area (Å²) in [6, 6.07) is 6.33. The summed E-state index contributed by atoms with van der Waals surface area (Å²) >= 11 is 3.48. The van der Waals surface area contributed by atoms with Crippen LogP contribution < -0.4 is 0 Å². The van der Waals surface area contributed by atoms with Gasteiger partial charge in [-0.15, -0.1) is 0 Å². The molecule has 2 rings (SSSR count). The van der Waals surface area contributed by atoms with Crippen molar-refractivity contribution in [3.05, 3.63) is 33.8 Å². The van der Waals surface area contributed by atoms with Gasteiger partial charge in [-0.2, -0.15) is 0 Å². The highest BCUT2D eigenvalue weighted by atomic mass is 79.9. The maximum Gasteiger partial charge on any atom is 0.335 e. The molecule has 0 bridgehead atoms. The largest absolute Gasteiger partial charge is 0.478 e. The molecule has 1 aliphatic heterocycles. The molecule has 1 N–H and O–H groups in total. The lowest BCUT2D eigenvalue weighted by Crippen LogP contribution is -2.54. The Balaban J connectivity index is 2.09. The fourth-order valence-electron chi connectivity index (χ4n) is 2.69. The van der Waals surface area contributed by atoms with Gasteiger partial charge in [-0.25, -0.2) is 4.79 Å². The number of halogens is 1. The van der Waals surface area contributed by atoms with Crippen LogP contribution in [0.2, 0.25) is 0 Å². The van der Waals surface area contributed by atoms with E-state index in [9.17, 15) is 4.79 Å². The third kappa shape index (κ3) is 3.40. The third-order valence-electron chi connectivity index (χ3n) is 4.13. The van der Waals surface area contributed by atoms with Crippen molar-refractivity contribution in [2.75, 3.05) is 20.1 Å². The van der Waals surface area contributed by atoms with Crippen molar-refractivity contribution in [1.82, 2.24) is 9.80 Å². The second-order valence-corrected chi connectivity index (χ2v) is 6.52. The number of carbonyl (C=O) groups is 1. The van der Waals surface area contributed by atoms with Crippen LogP contribution >= 0.6 is 15.9 Å². The molecule has 4 nitrogen and oxygen atoms in total. The topological polar surface area (TPSA) is 43.8 Å². The molecule has 1 saturated heterocycles. The molecule has 5 heteroatoms. The lowest BCUT2D eigenvalue weighted by atomic mass is 10.1. The van der Waals surface area contributed by atoms with Gasteiger partial charge in [0.15, 0.2) is 0 Å². The molecule has 2 atom stereocenters.